The molecule has 0 unspecified atom stereocenters. The fourth-order valence-corrected chi connectivity index (χ4v) is 2.63. The Morgan fingerprint density at radius 3 is 3.05 bits per heavy atom. The SMILES string of the molecule is C[C@@H](Cn1cccn1)NCC(=O)N(C)Cc1cccs1. The van der Waals surface area contributed by atoms with E-state index in [9.17, 15) is 4.79 Å². The van der Waals surface area contributed by atoms with Gasteiger partial charge in [-0.05, 0) is 24.4 Å². The molecule has 0 aliphatic rings. The molecule has 2 rings (SSSR count). The number of likely N-dealkylation sites (N-methyl/N-ethyl adjacent to an activating group) is 1. The molecule has 1 atom stereocenters. The molecular weight excluding hydrogens is 272 g/mol. The number of nitrogens with one attached hydrogen (secondary N) is 1. The predicted molar refractivity (Wildman–Crippen MR) is 80.5 cm³/mol. The summed E-state index contributed by atoms with van der Waals surface area (Å²) in [5.74, 6) is 0.103. The zero-order chi connectivity index (χ0) is 14.4. The summed E-state index contributed by atoms with van der Waals surface area (Å²) in [6.07, 6.45) is 3.68. The maximum Gasteiger partial charge on any atom is 0.236 e. The molecule has 108 valence electrons. The first-order valence-electron chi connectivity index (χ1n) is 6.62. The van der Waals surface area contributed by atoms with Gasteiger partial charge in [-0.2, -0.15) is 5.10 Å². The van der Waals surface area contributed by atoms with Crippen LogP contribution in [0.4, 0.5) is 0 Å². The lowest BCUT2D eigenvalue weighted by Gasteiger charge is -2.19. The Bertz CT molecular complexity index is 509. The lowest BCUT2D eigenvalue weighted by atomic mass is 10.3. The second-order valence-corrected chi connectivity index (χ2v) is 5.87. The number of carbonyl (C=O) groups is 1. The molecule has 5 nitrogen and oxygen atoms in total. The van der Waals surface area contributed by atoms with Crippen molar-refractivity contribution in [2.24, 2.45) is 0 Å². The van der Waals surface area contributed by atoms with E-state index in [1.807, 2.05) is 48.4 Å². The predicted octanol–water partition coefficient (Wildman–Crippen LogP) is 1.58. The third-order valence-corrected chi connectivity index (χ3v) is 3.88. The lowest BCUT2D eigenvalue weighted by molar-refractivity contribution is -0.129. The summed E-state index contributed by atoms with van der Waals surface area (Å²) in [6.45, 7) is 3.83. The van der Waals surface area contributed by atoms with E-state index in [2.05, 4.69) is 10.4 Å². The summed E-state index contributed by atoms with van der Waals surface area (Å²) in [7, 11) is 1.84. The number of nitrogens with zero attached hydrogens (tertiary/aromatic N) is 3. The molecule has 0 aliphatic heterocycles. The molecule has 2 aromatic rings. The highest BCUT2D eigenvalue weighted by atomic mass is 32.1. The first kappa shape index (κ1) is 14.7. The van der Waals surface area contributed by atoms with Crippen LogP contribution in [-0.2, 0) is 17.9 Å². The third-order valence-electron chi connectivity index (χ3n) is 3.02. The number of aromatic nitrogens is 2. The maximum absolute atomic E-state index is 12.0. The molecule has 0 bridgehead atoms. The zero-order valence-corrected chi connectivity index (χ0v) is 12.6. The Morgan fingerprint density at radius 1 is 1.55 bits per heavy atom. The Kier molecular flexibility index (Phi) is 5.31. The van der Waals surface area contributed by atoms with Crippen LogP contribution >= 0.6 is 11.3 Å². The molecule has 0 radical (unpaired) electrons. The van der Waals surface area contributed by atoms with E-state index in [0.717, 1.165) is 6.54 Å². The number of amides is 1. The van der Waals surface area contributed by atoms with Gasteiger partial charge in [-0.25, -0.2) is 0 Å². The van der Waals surface area contributed by atoms with Crippen LogP contribution in [0.5, 0.6) is 0 Å². The molecule has 0 aliphatic carbocycles. The van der Waals surface area contributed by atoms with E-state index in [0.29, 0.717) is 13.1 Å². The van der Waals surface area contributed by atoms with E-state index < -0.39 is 0 Å². The van der Waals surface area contributed by atoms with Gasteiger partial charge in [0.25, 0.3) is 0 Å². The van der Waals surface area contributed by atoms with E-state index in [1.54, 1.807) is 22.4 Å². The summed E-state index contributed by atoms with van der Waals surface area (Å²) in [4.78, 5) is 15.0. The largest absolute Gasteiger partial charge is 0.340 e. The van der Waals surface area contributed by atoms with Gasteiger partial charge in [0, 0.05) is 30.4 Å². The van der Waals surface area contributed by atoms with Gasteiger partial charge in [-0.15, -0.1) is 11.3 Å². The molecule has 2 heterocycles. The first-order chi connectivity index (χ1) is 9.65. The van der Waals surface area contributed by atoms with Crippen molar-refractivity contribution in [3.8, 4) is 0 Å². The van der Waals surface area contributed by atoms with Gasteiger partial charge in [0.05, 0.1) is 19.6 Å². The summed E-state index contributed by atoms with van der Waals surface area (Å²) >= 11 is 1.67. The minimum Gasteiger partial charge on any atom is -0.340 e. The second-order valence-electron chi connectivity index (χ2n) is 4.84. The molecule has 1 N–H and O–H groups in total. The van der Waals surface area contributed by atoms with Crippen molar-refractivity contribution in [2.45, 2.75) is 26.1 Å². The highest BCUT2D eigenvalue weighted by Gasteiger charge is 2.11. The summed E-state index contributed by atoms with van der Waals surface area (Å²) in [6, 6.07) is 6.14. The fourth-order valence-electron chi connectivity index (χ4n) is 1.87. The molecule has 6 heteroatoms. The van der Waals surface area contributed by atoms with Crippen molar-refractivity contribution in [3.63, 3.8) is 0 Å². The van der Waals surface area contributed by atoms with Crippen molar-refractivity contribution in [1.29, 1.82) is 0 Å². The van der Waals surface area contributed by atoms with Crippen LogP contribution in [0.25, 0.3) is 0 Å². The number of carbonyl (C=O) groups excluding carboxylic acids is 1. The molecule has 0 aromatic carbocycles. The van der Waals surface area contributed by atoms with Crippen LogP contribution in [0.3, 0.4) is 0 Å². The highest BCUT2D eigenvalue weighted by Crippen LogP contribution is 2.10. The monoisotopic (exact) mass is 292 g/mol. The molecule has 0 fully saturated rings. The Labute approximate surface area is 123 Å². The fraction of sp³-hybridized carbons (Fsp3) is 0.429. The Morgan fingerprint density at radius 2 is 2.40 bits per heavy atom. The van der Waals surface area contributed by atoms with Gasteiger partial charge in [-0.3, -0.25) is 9.48 Å². The van der Waals surface area contributed by atoms with Gasteiger partial charge in [0.1, 0.15) is 0 Å². The molecule has 1 amide bonds. The maximum atomic E-state index is 12.0. The van der Waals surface area contributed by atoms with Crippen LogP contribution in [0.1, 0.15) is 11.8 Å². The van der Waals surface area contributed by atoms with Crippen LogP contribution in [0.2, 0.25) is 0 Å². The third kappa shape index (κ3) is 4.47. The minimum absolute atomic E-state index is 0.103. The number of thiophene rings is 1. The standard InChI is InChI=1S/C14H20N4OS/c1-12(10-18-7-4-6-16-18)15-9-14(19)17(2)11-13-5-3-8-20-13/h3-8,12,15H,9-11H2,1-2H3/t12-/m0/s1. The Hall–Kier alpha value is -1.66. The number of rotatable bonds is 7. The van der Waals surface area contributed by atoms with Crippen LogP contribution in [-0.4, -0.2) is 40.2 Å². The molecule has 20 heavy (non-hydrogen) atoms. The molecular formula is C14H20N4OS. The van der Waals surface area contributed by atoms with Crippen LogP contribution in [0, 0.1) is 0 Å². The van der Waals surface area contributed by atoms with Gasteiger partial charge >= 0.3 is 0 Å². The van der Waals surface area contributed by atoms with E-state index in [1.165, 1.54) is 4.88 Å². The van der Waals surface area contributed by atoms with Crippen molar-refractivity contribution in [2.75, 3.05) is 13.6 Å². The van der Waals surface area contributed by atoms with Crippen LogP contribution < -0.4 is 5.32 Å². The minimum atomic E-state index is 0.103. The topological polar surface area (TPSA) is 50.2 Å². The van der Waals surface area contributed by atoms with Gasteiger partial charge in [0.15, 0.2) is 0 Å². The summed E-state index contributed by atoms with van der Waals surface area (Å²) in [5, 5.41) is 9.41. The molecule has 2 aromatic heterocycles. The van der Waals surface area contributed by atoms with E-state index >= 15 is 0 Å². The van der Waals surface area contributed by atoms with Crippen molar-refractivity contribution in [3.05, 3.63) is 40.8 Å². The molecule has 0 spiro atoms. The molecule has 0 saturated carbocycles. The van der Waals surface area contributed by atoms with Crippen LogP contribution in [0.15, 0.2) is 36.0 Å². The van der Waals surface area contributed by atoms with E-state index in [-0.39, 0.29) is 11.9 Å². The lowest BCUT2D eigenvalue weighted by Crippen LogP contribution is -2.40. The first-order valence-corrected chi connectivity index (χ1v) is 7.50. The number of hydrogen-bond acceptors (Lipinski definition) is 4. The highest BCUT2D eigenvalue weighted by molar-refractivity contribution is 7.09. The smallest absolute Gasteiger partial charge is 0.236 e. The van der Waals surface area contributed by atoms with Gasteiger partial charge in [-0.1, -0.05) is 6.07 Å². The quantitative estimate of drug-likeness (QED) is 0.843. The van der Waals surface area contributed by atoms with E-state index in [4.69, 9.17) is 0 Å². The molecule has 0 saturated heterocycles. The van der Waals surface area contributed by atoms with Crippen molar-refractivity contribution < 1.29 is 4.79 Å². The Balaban J connectivity index is 1.71. The van der Waals surface area contributed by atoms with Crippen molar-refractivity contribution in [1.82, 2.24) is 20.0 Å². The van der Waals surface area contributed by atoms with Gasteiger partial charge < -0.3 is 10.2 Å². The summed E-state index contributed by atoms with van der Waals surface area (Å²) < 4.78 is 1.86. The second kappa shape index (κ2) is 7.21. The average Bonchev–Trinajstić information content (AvgIpc) is 3.09. The van der Waals surface area contributed by atoms with Crippen molar-refractivity contribution >= 4 is 17.2 Å². The zero-order valence-electron chi connectivity index (χ0n) is 11.8. The van der Waals surface area contributed by atoms with Gasteiger partial charge in [0.2, 0.25) is 5.91 Å². The summed E-state index contributed by atoms with van der Waals surface area (Å²) in [5.41, 5.74) is 0. The normalized spacial score (nSPS) is 12.3. The average molecular weight is 292 g/mol. The number of hydrogen-bond donors (Lipinski definition) is 1.